The highest BCUT2D eigenvalue weighted by Crippen LogP contribution is 2.24. The molecule has 7 nitrogen and oxygen atoms in total. The number of fused-ring (bicyclic) bond motifs is 1. The standard InChI is InChI=1S/C23H14BrClF2N4O3/c24-13-4-7-19-12(8-13)9-20(21(32)28-16-3-1-2-14(25)10-16)31(19)30-23(34)22(33)29-18-6-5-15(26)11-17(18)27/h1-11H,(H,28,32)(H,29,33)(H,30,34). The number of hydrogen-bond acceptors (Lipinski definition) is 3. The lowest BCUT2D eigenvalue weighted by atomic mass is 10.2. The maximum Gasteiger partial charge on any atom is 0.328 e. The van der Waals surface area contributed by atoms with E-state index >= 15 is 0 Å². The normalized spacial score (nSPS) is 10.7. The number of benzene rings is 3. The highest BCUT2D eigenvalue weighted by Gasteiger charge is 2.22. The van der Waals surface area contributed by atoms with Gasteiger partial charge < -0.3 is 10.6 Å². The van der Waals surface area contributed by atoms with Crippen molar-refractivity contribution in [2.45, 2.75) is 0 Å². The summed E-state index contributed by atoms with van der Waals surface area (Å²) in [6, 6.07) is 15.6. The van der Waals surface area contributed by atoms with Crippen molar-refractivity contribution < 1.29 is 23.2 Å². The Bertz CT molecular complexity index is 1460. The highest BCUT2D eigenvalue weighted by molar-refractivity contribution is 9.10. The van der Waals surface area contributed by atoms with E-state index in [0.29, 0.717) is 27.7 Å². The van der Waals surface area contributed by atoms with Gasteiger partial charge in [0.25, 0.3) is 5.91 Å². The summed E-state index contributed by atoms with van der Waals surface area (Å²) in [7, 11) is 0. The molecule has 0 aliphatic rings. The van der Waals surface area contributed by atoms with E-state index in [0.717, 1.165) is 21.3 Å². The minimum Gasteiger partial charge on any atom is -0.321 e. The van der Waals surface area contributed by atoms with Crippen LogP contribution in [0, 0.1) is 11.6 Å². The zero-order valence-corrected chi connectivity index (χ0v) is 19.4. The Hall–Kier alpha value is -3.76. The van der Waals surface area contributed by atoms with Crippen molar-refractivity contribution in [2.24, 2.45) is 0 Å². The molecule has 11 heteroatoms. The first kappa shape index (κ1) is 23.4. The smallest absolute Gasteiger partial charge is 0.321 e. The van der Waals surface area contributed by atoms with E-state index in [4.69, 9.17) is 11.6 Å². The van der Waals surface area contributed by atoms with E-state index in [1.165, 1.54) is 6.07 Å². The van der Waals surface area contributed by atoms with Gasteiger partial charge in [0.1, 0.15) is 17.3 Å². The summed E-state index contributed by atoms with van der Waals surface area (Å²) >= 11 is 9.32. The van der Waals surface area contributed by atoms with Crippen LogP contribution in [0.3, 0.4) is 0 Å². The maximum atomic E-state index is 13.8. The molecule has 0 atom stereocenters. The van der Waals surface area contributed by atoms with Gasteiger partial charge in [-0.2, -0.15) is 0 Å². The van der Waals surface area contributed by atoms with Crippen LogP contribution >= 0.6 is 27.5 Å². The largest absolute Gasteiger partial charge is 0.328 e. The van der Waals surface area contributed by atoms with Gasteiger partial charge in [0.2, 0.25) is 0 Å². The SMILES string of the molecule is O=C(Nc1ccc(F)cc1F)C(=O)Nn1c(C(=O)Nc2cccc(Cl)c2)cc2cc(Br)ccc21. The van der Waals surface area contributed by atoms with Crippen molar-refractivity contribution in [2.75, 3.05) is 16.1 Å². The topological polar surface area (TPSA) is 92.2 Å². The quantitative estimate of drug-likeness (QED) is 0.303. The van der Waals surface area contributed by atoms with E-state index in [1.54, 1.807) is 42.5 Å². The first-order chi connectivity index (χ1) is 16.2. The first-order valence-electron chi connectivity index (χ1n) is 9.66. The number of hydrogen-bond donors (Lipinski definition) is 3. The summed E-state index contributed by atoms with van der Waals surface area (Å²) in [6.45, 7) is 0. The lowest BCUT2D eigenvalue weighted by molar-refractivity contribution is -0.133. The fourth-order valence-corrected chi connectivity index (χ4v) is 3.73. The van der Waals surface area contributed by atoms with Crippen LogP contribution in [0.5, 0.6) is 0 Å². The van der Waals surface area contributed by atoms with Crippen LogP contribution in [0.1, 0.15) is 10.5 Å². The van der Waals surface area contributed by atoms with Crippen molar-refractivity contribution in [3.63, 3.8) is 0 Å². The van der Waals surface area contributed by atoms with E-state index in [-0.39, 0.29) is 11.4 Å². The Morgan fingerprint density at radius 1 is 0.882 bits per heavy atom. The molecule has 0 radical (unpaired) electrons. The summed E-state index contributed by atoms with van der Waals surface area (Å²) in [5.41, 5.74) is 2.84. The second-order valence-corrected chi connectivity index (χ2v) is 8.40. The lowest BCUT2D eigenvalue weighted by Gasteiger charge is -2.13. The van der Waals surface area contributed by atoms with Crippen molar-refractivity contribution in [1.29, 1.82) is 0 Å². The van der Waals surface area contributed by atoms with Gasteiger partial charge in [-0.3, -0.25) is 19.8 Å². The Kier molecular flexibility index (Phi) is 6.62. The molecule has 34 heavy (non-hydrogen) atoms. The van der Waals surface area contributed by atoms with Crippen molar-refractivity contribution in [3.8, 4) is 0 Å². The molecule has 1 aromatic heterocycles. The van der Waals surface area contributed by atoms with Crippen molar-refractivity contribution in [3.05, 3.63) is 93.6 Å². The number of aromatic nitrogens is 1. The van der Waals surface area contributed by atoms with E-state index < -0.39 is 29.4 Å². The predicted octanol–water partition coefficient (Wildman–Crippen LogP) is 5.30. The molecule has 1 heterocycles. The fourth-order valence-electron chi connectivity index (χ4n) is 3.16. The molecule has 0 spiro atoms. The zero-order valence-electron chi connectivity index (χ0n) is 17.0. The molecule has 3 N–H and O–H groups in total. The van der Waals surface area contributed by atoms with Gasteiger partial charge in [0.05, 0.1) is 11.2 Å². The molecule has 0 bridgehead atoms. The number of rotatable bonds is 4. The molecule has 0 unspecified atom stereocenters. The van der Waals surface area contributed by atoms with Crippen LogP contribution in [0.25, 0.3) is 10.9 Å². The van der Waals surface area contributed by atoms with E-state index in [2.05, 4.69) is 32.0 Å². The molecule has 172 valence electrons. The molecule has 0 fully saturated rings. The number of anilines is 2. The monoisotopic (exact) mass is 546 g/mol. The van der Waals surface area contributed by atoms with Crippen molar-refractivity contribution in [1.82, 2.24) is 4.68 Å². The Morgan fingerprint density at radius 2 is 1.68 bits per heavy atom. The molecule has 3 amide bonds. The number of amides is 3. The Morgan fingerprint density at radius 3 is 2.41 bits per heavy atom. The molecule has 0 saturated carbocycles. The van der Waals surface area contributed by atoms with Crippen LogP contribution < -0.4 is 16.1 Å². The summed E-state index contributed by atoms with van der Waals surface area (Å²) in [6.07, 6.45) is 0. The Labute approximate surface area is 204 Å². The van der Waals surface area contributed by atoms with Gasteiger partial charge in [0, 0.05) is 26.6 Å². The predicted molar refractivity (Wildman–Crippen MR) is 128 cm³/mol. The number of nitrogens with one attached hydrogen (secondary N) is 3. The van der Waals surface area contributed by atoms with Gasteiger partial charge in [-0.1, -0.05) is 33.6 Å². The molecule has 4 aromatic rings. The van der Waals surface area contributed by atoms with Crippen LogP contribution in [-0.4, -0.2) is 22.4 Å². The summed E-state index contributed by atoms with van der Waals surface area (Å²) in [5, 5.41) is 5.76. The molecule has 0 saturated heterocycles. The number of carbonyl (C=O) groups is 3. The third-order valence-corrected chi connectivity index (χ3v) is 5.41. The molecule has 4 rings (SSSR count). The fraction of sp³-hybridized carbons (Fsp3) is 0. The highest BCUT2D eigenvalue weighted by atomic mass is 79.9. The number of carbonyl (C=O) groups excluding carboxylic acids is 3. The van der Waals surface area contributed by atoms with Crippen molar-refractivity contribution >= 4 is 67.5 Å². The zero-order chi connectivity index (χ0) is 24.4. The van der Waals surface area contributed by atoms with Gasteiger partial charge in [-0.25, -0.2) is 13.5 Å². The molecule has 0 aliphatic heterocycles. The van der Waals surface area contributed by atoms with Gasteiger partial charge in [0.15, 0.2) is 0 Å². The average Bonchev–Trinajstić information content (AvgIpc) is 3.13. The van der Waals surface area contributed by atoms with Crippen LogP contribution in [0.15, 0.2) is 71.2 Å². The summed E-state index contributed by atoms with van der Waals surface area (Å²) in [5.74, 6) is -4.86. The van der Waals surface area contributed by atoms with Gasteiger partial charge >= 0.3 is 11.8 Å². The Balaban J connectivity index is 1.63. The summed E-state index contributed by atoms with van der Waals surface area (Å²) < 4.78 is 28.8. The molecule has 0 aliphatic carbocycles. The number of nitrogens with zero attached hydrogens (tertiary/aromatic N) is 1. The minimum atomic E-state index is -1.22. The van der Waals surface area contributed by atoms with E-state index in [9.17, 15) is 23.2 Å². The maximum absolute atomic E-state index is 13.8. The van der Waals surface area contributed by atoms with Gasteiger partial charge in [-0.15, -0.1) is 0 Å². The second kappa shape index (κ2) is 9.62. The molecular formula is C23H14BrClF2N4O3. The van der Waals surface area contributed by atoms with Crippen LogP contribution in [-0.2, 0) is 9.59 Å². The number of halogens is 4. The molecule has 3 aromatic carbocycles. The minimum absolute atomic E-state index is 0.0159. The third-order valence-electron chi connectivity index (χ3n) is 4.68. The van der Waals surface area contributed by atoms with E-state index in [1.807, 2.05) is 0 Å². The second-order valence-electron chi connectivity index (χ2n) is 7.05. The van der Waals surface area contributed by atoms with Gasteiger partial charge in [-0.05, 0) is 54.6 Å². The summed E-state index contributed by atoms with van der Waals surface area (Å²) in [4.78, 5) is 37.9. The lowest BCUT2D eigenvalue weighted by Crippen LogP contribution is -2.36. The first-order valence-corrected chi connectivity index (χ1v) is 10.8. The average molecular weight is 548 g/mol. The third kappa shape index (κ3) is 5.08. The van der Waals surface area contributed by atoms with Crippen LogP contribution in [0.2, 0.25) is 5.02 Å². The molecular weight excluding hydrogens is 534 g/mol. The van der Waals surface area contributed by atoms with Crippen LogP contribution in [0.4, 0.5) is 20.2 Å².